The molecule has 9 nitrogen and oxygen atoms in total. The molecule has 0 spiro atoms. The van der Waals surface area contributed by atoms with Crippen molar-refractivity contribution in [2.45, 2.75) is 6.92 Å². The van der Waals surface area contributed by atoms with Gasteiger partial charge in [0.1, 0.15) is 0 Å². The van der Waals surface area contributed by atoms with E-state index >= 15 is 0 Å². The van der Waals surface area contributed by atoms with Crippen LogP contribution in [0.15, 0.2) is 42.5 Å². The van der Waals surface area contributed by atoms with Gasteiger partial charge in [0.25, 0.3) is 11.6 Å². The number of nitrogens with one attached hydrogen (secondary N) is 3. The molecule has 0 saturated carbocycles. The van der Waals surface area contributed by atoms with Crippen LogP contribution in [0.2, 0.25) is 0 Å². The zero-order valence-corrected chi connectivity index (χ0v) is 13.1. The Hall–Kier alpha value is -3.75. The molecule has 0 aliphatic rings. The highest BCUT2D eigenvalue weighted by molar-refractivity contribution is 6.11. The highest BCUT2D eigenvalue weighted by Crippen LogP contribution is 2.23. The standard InChI is InChI=1S/C16H13N5O4/c1-9(22)17-10-2-4-11(5-3-10)18-16(23)15-13-8-12(21(24)25)6-7-14(13)19-20-15/h2-8H,1H3,(H,17,22)(H,18,23)(H,19,20). The normalized spacial score (nSPS) is 10.4. The summed E-state index contributed by atoms with van der Waals surface area (Å²) in [6.07, 6.45) is 0. The molecule has 0 unspecified atom stereocenters. The van der Waals surface area contributed by atoms with E-state index in [1.165, 1.54) is 25.1 Å². The van der Waals surface area contributed by atoms with Crippen molar-refractivity contribution >= 4 is 39.8 Å². The summed E-state index contributed by atoms with van der Waals surface area (Å²) in [5.74, 6) is -0.694. The van der Waals surface area contributed by atoms with Crippen molar-refractivity contribution < 1.29 is 14.5 Å². The summed E-state index contributed by atoms with van der Waals surface area (Å²) in [5.41, 5.74) is 1.57. The van der Waals surface area contributed by atoms with Gasteiger partial charge in [0.2, 0.25) is 5.91 Å². The van der Waals surface area contributed by atoms with Gasteiger partial charge in [0.05, 0.1) is 10.4 Å². The number of non-ortho nitro benzene ring substituents is 1. The number of hydrogen-bond acceptors (Lipinski definition) is 5. The minimum atomic E-state index is -0.533. The molecule has 0 aliphatic carbocycles. The molecule has 2 amide bonds. The van der Waals surface area contributed by atoms with E-state index in [0.29, 0.717) is 22.3 Å². The maximum atomic E-state index is 12.4. The first-order valence-electron chi connectivity index (χ1n) is 7.25. The van der Waals surface area contributed by atoms with Gasteiger partial charge in [0, 0.05) is 35.8 Å². The zero-order chi connectivity index (χ0) is 18.0. The van der Waals surface area contributed by atoms with Gasteiger partial charge >= 0.3 is 0 Å². The molecular weight excluding hydrogens is 326 g/mol. The van der Waals surface area contributed by atoms with Crippen LogP contribution < -0.4 is 10.6 Å². The Labute approximate surface area is 141 Å². The van der Waals surface area contributed by atoms with Crippen molar-refractivity contribution in [1.29, 1.82) is 0 Å². The van der Waals surface area contributed by atoms with Crippen molar-refractivity contribution in [2.24, 2.45) is 0 Å². The number of H-pyrrole nitrogens is 1. The fourth-order valence-corrected chi connectivity index (χ4v) is 2.32. The molecule has 1 aromatic heterocycles. The molecule has 3 rings (SSSR count). The molecule has 3 N–H and O–H groups in total. The molecule has 0 radical (unpaired) electrons. The van der Waals surface area contributed by atoms with Crippen LogP contribution >= 0.6 is 0 Å². The Morgan fingerprint density at radius 3 is 2.32 bits per heavy atom. The molecule has 1 heterocycles. The first-order valence-corrected chi connectivity index (χ1v) is 7.25. The fourth-order valence-electron chi connectivity index (χ4n) is 2.32. The van der Waals surface area contributed by atoms with Crippen LogP contribution in [0.3, 0.4) is 0 Å². The van der Waals surface area contributed by atoms with Gasteiger partial charge in [-0.3, -0.25) is 24.8 Å². The van der Waals surface area contributed by atoms with Crippen LogP contribution in [-0.2, 0) is 4.79 Å². The van der Waals surface area contributed by atoms with Gasteiger partial charge in [0.15, 0.2) is 5.69 Å². The maximum Gasteiger partial charge on any atom is 0.276 e. The number of amides is 2. The zero-order valence-electron chi connectivity index (χ0n) is 13.1. The van der Waals surface area contributed by atoms with Gasteiger partial charge in [-0.15, -0.1) is 0 Å². The van der Waals surface area contributed by atoms with E-state index in [9.17, 15) is 19.7 Å². The second kappa shape index (κ2) is 6.40. The molecule has 0 saturated heterocycles. The van der Waals surface area contributed by atoms with E-state index in [1.54, 1.807) is 24.3 Å². The monoisotopic (exact) mass is 339 g/mol. The SMILES string of the molecule is CC(=O)Nc1ccc(NC(=O)c2n[nH]c3ccc([N+](=O)[O-])cc23)cc1. The van der Waals surface area contributed by atoms with Crippen molar-refractivity contribution in [3.8, 4) is 0 Å². The molecule has 0 bridgehead atoms. The van der Waals surface area contributed by atoms with E-state index in [0.717, 1.165) is 0 Å². The van der Waals surface area contributed by atoms with E-state index < -0.39 is 10.8 Å². The summed E-state index contributed by atoms with van der Waals surface area (Å²) in [4.78, 5) is 33.7. The highest BCUT2D eigenvalue weighted by Gasteiger charge is 2.17. The average molecular weight is 339 g/mol. The molecule has 126 valence electrons. The Morgan fingerprint density at radius 2 is 1.72 bits per heavy atom. The Morgan fingerprint density at radius 1 is 1.08 bits per heavy atom. The largest absolute Gasteiger partial charge is 0.326 e. The predicted octanol–water partition coefficient (Wildman–Crippen LogP) is 2.68. The van der Waals surface area contributed by atoms with Crippen molar-refractivity contribution in [3.63, 3.8) is 0 Å². The van der Waals surface area contributed by atoms with Gasteiger partial charge in [-0.2, -0.15) is 5.10 Å². The number of carbonyl (C=O) groups is 2. The number of nitrogens with zero attached hydrogens (tertiary/aromatic N) is 2. The number of benzene rings is 2. The lowest BCUT2D eigenvalue weighted by molar-refractivity contribution is -0.384. The minimum absolute atomic E-state index is 0.0598. The van der Waals surface area contributed by atoms with Gasteiger partial charge in [-0.1, -0.05) is 0 Å². The maximum absolute atomic E-state index is 12.4. The molecule has 0 aliphatic heterocycles. The van der Waals surface area contributed by atoms with Crippen LogP contribution in [0.5, 0.6) is 0 Å². The molecule has 0 atom stereocenters. The van der Waals surface area contributed by atoms with Crippen LogP contribution in [0.4, 0.5) is 17.1 Å². The molecule has 9 heteroatoms. The number of nitro groups is 1. The number of carbonyl (C=O) groups excluding carboxylic acids is 2. The van der Waals surface area contributed by atoms with Crippen LogP contribution in [-0.4, -0.2) is 26.9 Å². The number of hydrogen-bond donors (Lipinski definition) is 3. The summed E-state index contributed by atoms with van der Waals surface area (Å²) in [6, 6.07) is 10.7. The number of fused-ring (bicyclic) bond motifs is 1. The third-order valence-corrected chi connectivity index (χ3v) is 3.44. The lowest BCUT2D eigenvalue weighted by Crippen LogP contribution is -2.13. The average Bonchev–Trinajstić information content (AvgIpc) is 2.99. The van der Waals surface area contributed by atoms with E-state index in [1.807, 2.05) is 0 Å². The lowest BCUT2D eigenvalue weighted by atomic mass is 10.2. The summed E-state index contributed by atoms with van der Waals surface area (Å²) < 4.78 is 0. The number of anilines is 2. The lowest BCUT2D eigenvalue weighted by Gasteiger charge is -2.06. The second-order valence-electron chi connectivity index (χ2n) is 5.27. The van der Waals surface area contributed by atoms with Crippen LogP contribution in [0, 0.1) is 10.1 Å². The summed E-state index contributed by atoms with van der Waals surface area (Å²) in [5, 5.41) is 23.1. The van der Waals surface area contributed by atoms with Gasteiger partial charge < -0.3 is 10.6 Å². The quantitative estimate of drug-likeness (QED) is 0.497. The van der Waals surface area contributed by atoms with Crippen molar-refractivity contribution in [3.05, 3.63) is 58.3 Å². The number of rotatable bonds is 4. The van der Waals surface area contributed by atoms with Crippen molar-refractivity contribution in [1.82, 2.24) is 10.2 Å². The van der Waals surface area contributed by atoms with Gasteiger partial charge in [-0.05, 0) is 30.3 Å². The Bertz CT molecular complexity index is 978. The van der Waals surface area contributed by atoms with E-state index in [4.69, 9.17) is 0 Å². The number of aromatic nitrogens is 2. The third kappa shape index (κ3) is 3.44. The molecule has 0 fully saturated rings. The Balaban J connectivity index is 1.83. The molecule has 2 aromatic carbocycles. The summed E-state index contributed by atoms with van der Waals surface area (Å²) in [7, 11) is 0. The highest BCUT2D eigenvalue weighted by atomic mass is 16.6. The second-order valence-corrected chi connectivity index (χ2v) is 5.27. The van der Waals surface area contributed by atoms with E-state index in [2.05, 4.69) is 20.8 Å². The molecular formula is C16H13N5O4. The topological polar surface area (TPSA) is 130 Å². The summed E-state index contributed by atoms with van der Waals surface area (Å²) in [6.45, 7) is 1.40. The van der Waals surface area contributed by atoms with Gasteiger partial charge in [-0.25, -0.2) is 0 Å². The summed E-state index contributed by atoms with van der Waals surface area (Å²) >= 11 is 0. The smallest absolute Gasteiger partial charge is 0.276 e. The molecule has 3 aromatic rings. The first-order chi connectivity index (χ1) is 11.9. The predicted molar refractivity (Wildman–Crippen MR) is 91.4 cm³/mol. The first kappa shape index (κ1) is 16.1. The third-order valence-electron chi connectivity index (χ3n) is 3.44. The molecule has 25 heavy (non-hydrogen) atoms. The van der Waals surface area contributed by atoms with Crippen LogP contribution in [0.25, 0.3) is 10.9 Å². The number of nitro benzene ring substituents is 1. The Kier molecular flexibility index (Phi) is 4.12. The number of aromatic amines is 1. The van der Waals surface area contributed by atoms with Crippen LogP contribution in [0.1, 0.15) is 17.4 Å². The van der Waals surface area contributed by atoms with Crippen molar-refractivity contribution in [2.75, 3.05) is 10.6 Å². The fraction of sp³-hybridized carbons (Fsp3) is 0.0625. The van der Waals surface area contributed by atoms with E-state index in [-0.39, 0.29) is 17.3 Å². The minimum Gasteiger partial charge on any atom is -0.326 e.